The number of halogens is 1. The van der Waals surface area contributed by atoms with E-state index in [4.69, 9.17) is 0 Å². The van der Waals surface area contributed by atoms with E-state index < -0.39 is 0 Å². The van der Waals surface area contributed by atoms with E-state index in [1.807, 2.05) is 0 Å². The zero-order valence-corrected chi connectivity index (χ0v) is 22.8. The van der Waals surface area contributed by atoms with E-state index >= 15 is 0 Å². The number of hydrogen-bond acceptors (Lipinski definition) is 2. The molecule has 2 aromatic carbocycles. The van der Waals surface area contributed by atoms with Crippen LogP contribution in [0.3, 0.4) is 0 Å². The molecule has 194 valence electrons. The Hall–Kier alpha value is -1.81. The molecule has 1 aromatic heterocycles. The minimum atomic E-state index is 0. The summed E-state index contributed by atoms with van der Waals surface area (Å²) in [6, 6.07) is 18.4. The first kappa shape index (κ1) is 25.8. The summed E-state index contributed by atoms with van der Waals surface area (Å²) < 4.78 is 2.69. The third-order valence-electron chi connectivity index (χ3n) is 9.11. The zero-order valence-electron chi connectivity index (χ0n) is 22.0. The summed E-state index contributed by atoms with van der Waals surface area (Å²) in [5.74, 6) is 0.670. The first-order valence-electron chi connectivity index (χ1n) is 14.4. The van der Waals surface area contributed by atoms with Crippen LogP contribution >= 0.6 is 12.4 Å². The van der Waals surface area contributed by atoms with Crippen molar-refractivity contribution in [2.75, 3.05) is 13.1 Å². The minimum absolute atomic E-state index is 0. The molecule has 3 nitrogen and oxygen atoms in total. The first-order chi connectivity index (χ1) is 17.2. The average molecular weight is 506 g/mol. The predicted molar refractivity (Wildman–Crippen MR) is 156 cm³/mol. The van der Waals surface area contributed by atoms with Crippen LogP contribution in [0.15, 0.2) is 48.7 Å². The molecule has 2 aliphatic carbocycles. The molecule has 36 heavy (non-hydrogen) atoms. The lowest BCUT2D eigenvalue weighted by molar-refractivity contribution is 0.281. The first-order valence-corrected chi connectivity index (χ1v) is 14.4. The van der Waals surface area contributed by atoms with E-state index in [9.17, 15) is 0 Å². The van der Waals surface area contributed by atoms with Gasteiger partial charge in [0, 0.05) is 35.2 Å². The monoisotopic (exact) mass is 505 g/mol. The van der Waals surface area contributed by atoms with Crippen LogP contribution in [0.2, 0.25) is 0 Å². The van der Waals surface area contributed by atoms with Gasteiger partial charge in [-0.05, 0) is 99.7 Å². The lowest BCUT2D eigenvalue weighted by Crippen LogP contribution is -2.46. The van der Waals surface area contributed by atoms with Gasteiger partial charge in [-0.25, -0.2) is 0 Å². The third kappa shape index (κ3) is 5.54. The van der Waals surface area contributed by atoms with Crippen LogP contribution in [0.1, 0.15) is 93.7 Å². The Morgan fingerprint density at radius 3 is 2.42 bits per heavy atom. The normalized spacial score (nSPS) is 24.0. The van der Waals surface area contributed by atoms with Gasteiger partial charge in [0.15, 0.2) is 0 Å². The lowest BCUT2D eigenvalue weighted by Gasteiger charge is -2.34. The highest BCUT2D eigenvalue weighted by atomic mass is 35.5. The molecule has 2 heterocycles. The van der Waals surface area contributed by atoms with Crippen molar-refractivity contribution < 1.29 is 0 Å². The fourth-order valence-corrected chi connectivity index (χ4v) is 7.22. The fourth-order valence-electron chi connectivity index (χ4n) is 7.22. The number of aryl methyl sites for hydroxylation is 1. The number of nitrogens with zero attached hydrogens (tertiary/aromatic N) is 1. The van der Waals surface area contributed by atoms with Crippen LogP contribution in [-0.4, -0.2) is 29.7 Å². The van der Waals surface area contributed by atoms with Crippen molar-refractivity contribution in [3.63, 3.8) is 0 Å². The molecule has 0 spiro atoms. The van der Waals surface area contributed by atoms with E-state index in [1.54, 1.807) is 5.56 Å². The van der Waals surface area contributed by atoms with E-state index in [0.29, 0.717) is 24.0 Å². The quantitative estimate of drug-likeness (QED) is 0.368. The predicted octanol–water partition coefficient (Wildman–Crippen LogP) is 7.91. The Morgan fingerprint density at radius 1 is 0.806 bits per heavy atom. The maximum absolute atomic E-state index is 4.07. The van der Waals surface area contributed by atoms with Gasteiger partial charge in [-0.15, -0.1) is 12.4 Å². The van der Waals surface area contributed by atoms with Crippen LogP contribution < -0.4 is 10.6 Å². The molecule has 3 fully saturated rings. The standard InChI is InChI=1S/C32H43N3.ClH/c1-23-7-5-8-24(19-23)25-13-14-32-30(21-25)31(22-35(32)29-11-3-2-4-12-29)26-9-6-10-28(20-26)34-27-15-17-33-18-16-27;/h5,7-8,13-14,19,21-22,26-29,33-34H,2-4,6,9-12,15-18,20H2,1H3;1H. The molecule has 0 bridgehead atoms. The van der Waals surface area contributed by atoms with Crippen molar-refractivity contribution in [3.8, 4) is 11.1 Å². The Kier molecular flexibility index (Phi) is 8.40. The molecule has 4 heteroatoms. The number of piperidine rings is 1. The van der Waals surface area contributed by atoms with Gasteiger partial charge >= 0.3 is 0 Å². The molecule has 6 rings (SSSR count). The van der Waals surface area contributed by atoms with Gasteiger partial charge in [0.05, 0.1) is 0 Å². The summed E-state index contributed by atoms with van der Waals surface area (Å²) >= 11 is 0. The summed E-state index contributed by atoms with van der Waals surface area (Å²) in [6.07, 6.45) is 17.3. The smallest absolute Gasteiger partial charge is 0.0486 e. The number of nitrogens with one attached hydrogen (secondary N) is 2. The van der Waals surface area contributed by atoms with Crippen molar-refractivity contribution >= 4 is 23.3 Å². The molecular weight excluding hydrogens is 462 g/mol. The molecule has 2 unspecified atom stereocenters. The second-order valence-electron chi connectivity index (χ2n) is 11.6. The van der Waals surface area contributed by atoms with E-state index in [1.165, 1.54) is 111 Å². The van der Waals surface area contributed by atoms with Gasteiger partial charge in [-0.2, -0.15) is 0 Å². The molecule has 3 aromatic rings. The maximum Gasteiger partial charge on any atom is 0.0486 e. The molecule has 2 saturated carbocycles. The highest BCUT2D eigenvalue weighted by Crippen LogP contribution is 2.42. The minimum Gasteiger partial charge on any atom is -0.344 e. The van der Waals surface area contributed by atoms with Crippen LogP contribution in [0, 0.1) is 6.92 Å². The number of hydrogen-bond donors (Lipinski definition) is 2. The summed E-state index contributed by atoms with van der Waals surface area (Å²) in [5, 5.41) is 9.11. The molecule has 3 aliphatic rings. The topological polar surface area (TPSA) is 29.0 Å². The Labute approximate surface area is 223 Å². The van der Waals surface area contributed by atoms with Crippen LogP contribution in [0.5, 0.6) is 0 Å². The Balaban J connectivity index is 0.00000267. The second-order valence-corrected chi connectivity index (χ2v) is 11.6. The van der Waals surface area contributed by atoms with Crippen molar-refractivity contribution in [1.29, 1.82) is 0 Å². The van der Waals surface area contributed by atoms with Crippen LogP contribution in [0.4, 0.5) is 0 Å². The third-order valence-corrected chi connectivity index (χ3v) is 9.11. The van der Waals surface area contributed by atoms with Gasteiger partial charge in [0.1, 0.15) is 0 Å². The summed E-state index contributed by atoms with van der Waals surface area (Å²) in [7, 11) is 0. The second kappa shape index (κ2) is 11.7. The summed E-state index contributed by atoms with van der Waals surface area (Å²) in [5.41, 5.74) is 7.14. The van der Waals surface area contributed by atoms with Gasteiger partial charge in [-0.1, -0.05) is 61.6 Å². The Morgan fingerprint density at radius 2 is 1.61 bits per heavy atom. The number of benzene rings is 2. The van der Waals surface area contributed by atoms with E-state index in [2.05, 4.69) is 70.8 Å². The van der Waals surface area contributed by atoms with Gasteiger partial charge in [-0.3, -0.25) is 0 Å². The average Bonchev–Trinajstić information content (AvgIpc) is 3.29. The molecule has 0 amide bonds. The van der Waals surface area contributed by atoms with E-state index in [-0.39, 0.29) is 12.4 Å². The maximum atomic E-state index is 4.07. The summed E-state index contributed by atoms with van der Waals surface area (Å²) in [6.45, 7) is 4.54. The van der Waals surface area contributed by atoms with Crippen LogP contribution in [-0.2, 0) is 0 Å². The van der Waals surface area contributed by atoms with Crippen LogP contribution in [0.25, 0.3) is 22.0 Å². The van der Waals surface area contributed by atoms with E-state index in [0.717, 1.165) is 0 Å². The highest BCUT2D eigenvalue weighted by molar-refractivity contribution is 5.89. The molecule has 1 aliphatic heterocycles. The molecule has 2 N–H and O–H groups in total. The summed E-state index contributed by atoms with van der Waals surface area (Å²) in [4.78, 5) is 0. The van der Waals surface area contributed by atoms with Crippen molar-refractivity contribution in [2.45, 2.75) is 102 Å². The van der Waals surface area contributed by atoms with Crippen molar-refractivity contribution in [3.05, 3.63) is 59.8 Å². The Bertz CT molecular complexity index is 1140. The van der Waals surface area contributed by atoms with Gasteiger partial charge < -0.3 is 15.2 Å². The fraction of sp³-hybridized carbons (Fsp3) is 0.562. The van der Waals surface area contributed by atoms with Gasteiger partial charge in [0.2, 0.25) is 0 Å². The number of fused-ring (bicyclic) bond motifs is 1. The highest BCUT2D eigenvalue weighted by Gasteiger charge is 2.29. The van der Waals surface area contributed by atoms with Gasteiger partial charge in [0.25, 0.3) is 0 Å². The zero-order chi connectivity index (χ0) is 23.6. The number of rotatable bonds is 5. The molecule has 2 atom stereocenters. The number of aromatic nitrogens is 1. The molecular formula is C32H44ClN3. The SMILES string of the molecule is Cc1cccc(-c2ccc3c(c2)c(C2CCCC(NC4CCNCC4)C2)cn3C2CCCCC2)c1.Cl. The molecule has 1 saturated heterocycles. The lowest BCUT2D eigenvalue weighted by atomic mass is 9.80. The van der Waals surface area contributed by atoms with Crippen molar-refractivity contribution in [1.82, 2.24) is 15.2 Å². The largest absolute Gasteiger partial charge is 0.344 e. The van der Waals surface area contributed by atoms with Crippen molar-refractivity contribution in [2.24, 2.45) is 0 Å². The molecule has 0 radical (unpaired) electrons.